The van der Waals surface area contributed by atoms with Crippen molar-refractivity contribution in [3.8, 4) is 0 Å². The molecule has 0 aliphatic carbocycles. The zero-order chi connectivity index (χ0) is 17.9. The van der Waals surface area contributed by atoms with Gasteiger partial charge in [-0.15, -0.1) is 0 Å². The first kappa shape index (κ1) is 21.0. The van der Waals surface area contributed by atoms with E-state index < -0.39 is 13.6 Å². The van der Waals surface area contributed by atoms with E-state index in [9.17, 15) is 9.13 Å². The lowest BCUT2D eigenvalue weighted by Gasteiger charge is -2.33. The lowest BCUT2D eigenvalue weighted by molar-refractivity contribution is 0.0499. The molecule has 2 aliphatic rings. The van der Waals surface area contributed by atoms with E-state index >= 15 is 0 Å². The van der Waals surface area contributed by atoms with Gasteiger partial charge in [0.2, 0.25) is 0 Å². The molecular weight excluding hydrogens is 390 g/mol. The van der Waals surface area contributed by atoms with Gasteiger partial charge < -0.3 is 18.1 Å². The molecule has 0 aromatic carbocycles. The van der Waals surface area contributed by atoms with E-state index in [0.717, 1.165) is 0 Å². The fraction of sp³-hybridized carbons (Fsp3) is 0.857. The molecule has 0 atom stereocenters. The molecule has 2 aliphatic heterocycles. The van der Waals surface area contributed by atoms with Crippen LogP contribution in [-0.2, 0) is 27.2 Å². The fourth-order valence-electron chi connectivity index (χ4n) is 1.73. The SMILES string of the molecule is CC1(C)COP(=O)(SC/C=C/CSP2(=O)OCC(C)(C)CO2)OC1. The molecule has 24 heavy (non-hydrogen) atoms. The Labute approximate surface area is 152 Å². The third kappa shape index (κ3) is 6.81. The zero-order valence-electron chi connectivity index (χ0n) is 14.6. The van der Waals surface area contributed by atoms with Crippen LogP contribution in [0.5, 0.6) is 0 Å². The van der Waals surface area contributed by atoms with Gasteiger partial charge in [0.05, 0.1) is 26.4 Å². The van der Waals surface area contributed by atoms with E-state index in [-0.39, 0.29) is 10.8 Å². The third-order valence-electron chi connectivity index (χ3n) is 3.28. The van der Waals surface area contributed by atoms with Crippen molar-refractivity contribution in [3.63, 3.8) is 0 Å². The van der Waals surface area contributed by atoms with E-state index in [2.05, 4.69) is 0 Å². The van der Waals surface area contributed by atoms with Gasteiger partial charge in [0.1, 0.15) is 0 Å². The Morgan fingerprint density at radius 3 is 1.33 bits per heavy atom. The minimum atomic E-state index is -3.04. The molecule has 0 N–H and O–H groups in total. The van der Waals surface area contributed by atoms with Gasteiger partial charge in [0, 0.05) is 22.3 Å². The van der Waals surface area contributed by atoms with Crippen LogP contribution in [0.2, 0.25) is 0 Å². The van der Waals surface area contributed by atoms with Gasteiger partial charge >= 0.3 is 13.6 Å². The van der Waals surface area contributed by atoms with Crippen LogP contribution < -0.4 is 0 Å². The Morgan fingerprint density at radius 1 is 0.750 bits per heavy atom. The summed E-state index contributed by atoms with van der Waals surface area (Å²) < 4.78 is 46.2. The van der Waals surface area contributed by atoms with Crippen molar-refractivity contribution in [1.82, 2.24) is 0 Å². The van der Waals surface area contributed by atoms with E-state index in [4.69, 9.17) is 18.1 Å². The van der Waals surface area contributed by atoms with Crippen LogP contribution >= 0.6 is 36.4 Å². The Balaban J connectivity index is 1.65. The van der Waals surface area contributed by atoms with E-state index in [1.807, 2.05) is 39.8 Å². The topological polar surface area (TPSA) is 71.1 Å². The van der Waals surface area contributed by atoms with Crippen LogP contribution in [0.3, 0.4) is 0 Å². The molecular formula is C14H26O6P2S2. The van der Waals surface area contributed by atoms with Gasteiger partial charge in [-0.25, -0.2) is 9.13 Å². The van der Waals surface area contributed by atoms with Gasteiger partial charge in [0.15, 0.2) is 0 Å². The minimum absolute atomic E-state index is 0.0956. The van der Waals surface area contributed by atoms with Gasteiger partial charge in [-0.05, 0) is 22.8 Å². The molecule has 2 saturated heterocycles. The summed E-state index contributed by atoms with van der Waals surface area (Å²) in [6.45, 7) is 3.70. The van der Waals surface area contributed by atoms with E-state index in [0.29, 0.717) is 37.9 Å². The van der Waals surface area contributed by atoms with Crippen molar-refractivity contribution in [2.45, 2.75) is 27.7 Å². The maximum atomic E-state index is 12.3. The second kappa shape index (κ2) is 8.18. The normalized spacial score (nSPS) is 28.0. The lowest BCUT2D eigenvalue weighted by Crippen LogP contribution is -2.28. The zero-order valence-corrected chi connectivity index (χ0v) is 18.0. The summed E-state index contributed by atoms with van der Waals surface area (Å²) in [6.07, 6.45) is 3.73. The average Bonchev–Trinajstić information content (AvgIpc) is 2.50. The molecule has 2 fully saturated rings. The highest BCUT2D eigenvalue weighted by Gasteiger charge is 2.37. The molecule has 2 heterocycles. The summed E-state index contributed by atoms with van der Waals surface area (Å²) in [4.78, 5) is 0. The van der Waals surface area contributed by atoms with Gasteiger partial charge in [-0.2, -0.15) is 0 Å². The lowest BCUT2D eigenvalue weighted by atomic mass is 9.97. The summed E-state index contributed by atoms with van der Waals surface area (Å²) in [5.41, 5.74) is -0.191. The first-order chi connectivity index (χ1) is 11.0. The van der Waals surface area contributed by atoms with Crippen molar-refractivity contribution >= 4 is 36.4 Å². The Morgan fingerprint density at radius 2 is 1.04 bits per heavy atom. The number of hydrogen-bond donors (Lipinski definition) is 0. The maximum Gasteiger partial charge on any atom is 0.389 e. The minimum Gasteiger partial charge on any atom is -0.300 e. The molecule has 10 heteroatoms. The highest BCUT2D eigenvalue weighted by atomic mass is 32.7. The molecule has 6 nitrogen and oxygen atoms in total. The average molecular weight is 416 g/mol. The molecule has 0 unspecified atom stereocenters. The summed E-state index contributed by atoms with van der Waals surface area (Å²) in [6, 6.07) is 0. The third-order valence-corrected chi connectivity index (χ3v) is 10.4. The van der Waals surface area contributed by atoms with Crippen LogP contribution in [-0.4, -0.2) is 37.9 Å². The second-order valence-electron chi connectivity index (χ2n) is 7.38. The molecule has 0 aromatic rings. The Hall–Kier alpha value is 0.740. The first-order valence-electron chi connectivity index (χ1n) is 7.76. The number of rotatable bonds is 6. The molecule has 0 radical (unpaired) electrons. The highest BCUT2D eigenvalue weighted by molar-refractivity contribution is 8.55. The molecule has 0 saturated carbocycles. The first-order valence-corrected chi connectivity index (χ1v) is 14.0. The quantitative estimate of drug-likeness (QED) is 0.423. The standard InChI is InChI=1S/C14H26O6P2S2/c1-13(2)9-17-21(15,18-10-13)23-7-5-6-8-24-22(16)19-11-14(3,4)12-20-22/h5-6H,7-12H2,1-4H3/b6-5+. The molecule has 0 spiro atoms. The van der Waals surface area contributed by atoms with Gasteiger partial charge in [-0.3, -0.25) is 0 Å². The number of hydrogen-bond acceptors (Lipinski definition) is 8. The largest absolute Gasteiger partial charge is 0.389 e. The molecule has 0 bridgehead atoms. The maximum absolute atomic E-state index is 12.3. The fourth-order valence-corrected chi connectivity index (χ4v) is 8.15. The highest BCUT2D eigenvalue weighted by Crippen LogP contribution is 2.65. The monoisotopic (exact) mass is 416 g/mol. The van der Waals surface area contributed by atoms with Crippen molar-refractivity contribution in [3.05, 3.63) is 12.2 Å². The molecule has 0 amide bonds. The summed E-state index contributed by atoms with van der Waals surface area (Å²) in [5.74, 6) is 1.02. The summed E-state index contributed by atoms with van der Waals surface area (Å²) >= 11 is 2.34. The summed E-state index contributed by atoms with van der Waals surface area (Å²) in [5, 5.41) is 0. The Kier molecular flexibility index (Phi) is 7.17. The van der Waals surface area contributed by atoms with Crippen LogP contribution in [0.4, 0.5) is 0 Å². The van der Waals surface area contributed by atoms with E-state index in [1.54, 1.807) is 0 Å². The van der Waals surface area contributed by atoms with Crippen LogP contribution in [0.15, 0.2) is 12.2 Å². The van der Waals surface area contributed by atoms with Crippen LogP contribution in [0.25, 0.3) is 0 Å². The summed E-state index contributed by atoms with van der Waals surface area (Å²) in [7, 11) is 0. The molecule has 140 valence electrons. The molecule has 0 aromatic heterocycles. The van der Waals surface area contributed by atoms with Crippen LogP contribution in [0.1, 0.15) is 27.7 Å². The second-order valence-corrected chi connectivity index (χ2v) is 15.6. The Bertz CT molecular complexity index is 487. The van der Waals surface area contributed by atoms with Crippen LogP contribution in [0, 0.1) is 10.8 Å². The van der Waals surface area contributed by atoms with Gasteiger partial charge in [-0.1, -0.05) is 39.8 Å². The smallest absolute Gasteiger partial charge is 0.300 e. The van der Waals surface area contributed by atoms with Crippen molar-refractivity contribution in [1.29, 1.82) is 0 Å². The molecule has 2 rings (SSSR count). The van der Waals surface area contributed by atoms with Gasteiger partial charge in [0.25, 0.3) is 0 Å². The predicted molar refractivity (Wildman–Crippen MR) is 101 cm³/mol. The van der Waals surface area contributed by atoms with E-state index in [1.165, 1.54) is 22.8 Å². The van der Waals surface area contributed by atoms with Crippen molar-refractivity contribution < 1.29 is 27.2 Å². The van der Waals surface area contributed by atoms with Crippen molar-refractivity contribution in [2.75, 3.05) is 37.9 Å². The van der Waals surface area contributed by atoms with Crippen molar-refractivity contribution in [2.24, 2.45) is 10.8 Å². The predicted octanol–water partition coefficient (Wildman–Crippen LogP) is 5.37.